The largest absolute Gasteiger partial charge is 0.388 e. The summed E-state index contributed by atoms with van der Waals surface area (Å²) in [6.45, 7) is 0. The van der Waals surface area contributed by atoms with Crippen molar-refractivity contribution in [1.29, 1.82) is 0 Å². The van der Waals surface area contributed by atoms with Gasteiger partial charge in [-0.3, -0.25) is 4.99 Å². The number of nitrogens with one attached hydrogen (secondary N) is 1. The lowest BCUT2D eigenvalue weighted by molar-refractivity contribution is 1.44. The molecule has 0 spiro atoms. The molecule has 0 saturated carbocycles. The van der Waals surface area contributed by atoms with Crippen LogP contribution in [0.3, 0.4) is 0 Å². The molecule has 1 rings (SSSR count). The van der Waals surface area contributed by atoms with E-state index in [1.54, 1.807) is 13.3 Å². The van der Waals surface area contributed by atoms with Gasteiger partial charge < -0.3 is 5.32 Å². The molecule has 70 valence electrons. The zero-order valence-corrected chi connectivity index (χ0v) is 9.78. The van der Waals surface area contributed by atoms with E-state index in [0.717, 1.165) is 15.7 Å². The number of halogens is 2. The van der Waals surface area contributed by atoms with Crippen LogP contribution in [0.15, 0.2) is 21.6 Å². The molecule has 0 aliphatic heterocycles. The first-order valence-electron chi connectivity index (χ1n) is 3.78. The summed E-state index contributed by atoms with van der Waals surface area (Å²) in [4.78, 5) is 3.95. The van der Waals surface area contributed by atoms with Crippen molar-refractivity contribution < 1.29 is 0 Å². The van der Waals surface area contributed by atoms with Crippen LogP contribution < -0.4 is 5.32 Å². The van der Waals surface area contributed by atoms with Gasteiger partial charge in [-0.25, -0.2) is 0 Å². The number of benzene rings is 1. The molecule has 0 atom stereocenters. The Morgan fingerprint density at radius 1 is 1.54 bits per heavy atom. The fraction of sp³-hybridized carbons (Fsp3) is 0.222. The number of rotatable bonds is 2. The van der Waals surface area contributed by atoms with Crippen LogP contribution in [0.4, 0.5) is 5.69 Å². The molecule has 0 aromatic heterocycles. The van der Waals surface area contributed by atoms with E-state index in [4.69, 9.17) is 11.6 Å². The molecule has 0 unspecified atom stereocenters. The average molecular weight is 262 g/mol. The van der Waals surface area contributed by atoms with E-state index in [2.05, 4.69) is 26.2 Å². The van der Waals surface area contributed by atoms with Crippen molar-refractivity contribution in [3.05, 3.63) is 27.2 Å². The third-order valence-corrected chi connectivity index (χ3v) is 2.96. The van der Waals surface area contributed by atoms with Crippen LogP contribution in [-0.4, -0.2) is 20.3 Å². The summed E-state index contributed by atoms with van der Waals surface area (Å²) in [5, 5.41) is 3.73. The van der Waals surface area contributed by atoms with Crippen molar-refractivity contribution in [3.8, 4) is 0 Å². The van der Waals surface area contributed by atoms with Gasteiger partial charge in [0.2, 0.25) is 0 Å². The SMILES string of the molecule is C/N=C/c1c(NC)ccc(Br)c1Cl. The molecule has 2 nitrogen and oxygen atoms in total. The molecule has 0 aliphatic carbocycles. The second-order valence-electron chi connectivity index (χ2n) is 2.46. The van der Waals surface area contributed by atoms with Crippen LogP contribution in [0, 0.1) is 0 Å². The first kappa shape index (κ1) is 10.5. The quantitative estimate of drug-likeness (QED) is 0.813. The molecule has 0 radical (unpaired) electrons. The highest BCUT2D eigenvalue weighted by Crippen LogP contribution is 2.30. The van der Waals surface area contributed by atoms with Crippen LogP contribution >= 0.6 is 27.5 Å². The van der Waals surface area contributed by atoms with Crippen LogP contribution in [0.25, 0.3) is 0 Å². The van der Waals surface area contributed by atoms with Crippen LogP contribution in [0.1, 0.15) is 5.56 Å². The molecule has 0 saturated heterocycles. The number of nitrogens with zero attached hydrogens (tertiary/aromatic N) is 1. The minimum absolute atomic E-state index is 0.678. The molecule has 1 aromatic carbocycles. The van der Waals surface area contributed by atoms with Crippen molar-refractivity contribution in [2.75, 3.05) is 19.4 Å². The summed E-state index contributed by atoms with van der Waals surface area (Å²) < 4.78 is 0.878. The Labute approximate surface area is 91.1 Å². The number of hydrogen-bond acceptors (Lipinski definition) is 2. The highest BCUT2D eigenvalue weighted by atomic mass is 79.9. The fourth-order valence-corrected chi connectivity index (χ4v) is 1.60. The van der Waals surface area contributed by atoms with Gasteiger partial charge in [-0.1, -0.05) is 11.6 Å². The molecule has 1 N–H and O–H groups in total. The van der Waals surface area contributed by atoms with Gasteiger partial charge in [-0.05, 0) is 28.1 Å². The van der Waals surface area contributed by atoms with Gasteiger partial charge in [-0.15, -0.1) is 0 Å². The number of hydrogen-bond donors (Lipinski definition) is 1. The molecule has 0 amide bonds. The molecule has 0 fully saturated rings. The van der Waals surface area contributed by atoms with Crippen molar-refractivity contribution in [1.82, 2.24) is 0 Å². The van der Waals surface area contributed by atoms with Crippen molar-refractivity contribution in [2.45, 2.75) is 0 Å². The van der Waals surface area contributed by atoms with E-state index in [1.807, 2.05) is 19.2 Å². The zero-order chi connectivity index (χ0) is 9.84. The van der Waals surface area contributed by atoms with Gasteiger partial charge in [-0.2, -0.15) is 0 Å². The molecule has 0 aliphatic rings. The second-order valence-corrected chi connectivity index (χ2v) is 3.69. The van der Waals surface area contributed by atoms with Crippen LogP contribution in [0.5, 0.6) is 0 Å². The summed E-state index contributed by atoms with van der Waals surface area (Å²) in [5.74, 6) is 0. The minimum atomic E-state index is 0.678. The van der Waals surface area contributed by atoms with E-state index >= 15 is 0 Å². The Kier molecular flexibility index (Phi) is 3.75. The van der Waals surface area contributed by atoms with Gasteiger partial charge in [0.15, 0.2) is 0 Å². The van der Waals surface area contributed by atoms with Gasteiger partial charge in [0, 0.05) is 36.0 Å². The van der Waals surface area contributed by atoms with E-state index in [1.165, 1.54) is 0 Å². The molecule has 4 heteroatoms. The van der Waals surface area contributed by atoms with Crippen molar-refractivity contribution in [2.24, 2.45) is 4.99 Å². The maximum Gasteiger partial charge on any atom is 0.0656 e. The van der Waals surface area contributed by atoms with E-state index in [-0.39, 0.29) is 0 Å². The minimum Gasteiger partial charge on any atom is -0.388 e. The Hall–Kier alpha value is -0.540. The lowest BCUT2D eigenvalue weighted by Gasteiger charge is -2.07. The summed E-state index contributed by atoms with van der Waals surface area (Å²) >= 11 is 9.44. The van der Waals surface area contributed by atoms with E-state index in [9.17, 15) is 0 Å². The molecule has 1 aromatic rings. The van der Waals surface area contributed by atoms with Crippen LogP contribution in [-0.2, 0) is 0 Å². The monoisotopic (exact) mass is 260 g/mol. The third-order valence-electron chi connectivity index (χ3n) is 1.66. The summed E-state index contributed by atoms with van der Waals surface area (Å²) in [6, 6.07) is 3.86. The molecule has 13 heavy (non-hydrogen) atoms. The topological polar surface area (TPSA) is 24.4 Å². The summed E-state index contributed by atoms with van der Waals surface area (Å²) in [6.07, 6.45) is 1.74. The maximum absolute atomic E-state index is 6.08. The van der Waals surface area contributed by atoms with Crippen molar-refractivity contribution in [3.63, 3.8) is 0 Å². The lowest BCUT2D eigenvalue weighted by atomic mass is 10.2. The predicted molar refractivity (Wildman–Crippen MR) is 62.2 cm³/mol. The fourth-order valence-electron chi connectivity index (χ4n) is 1.04. The maximum atomic E-state index is 6.08. The van der Waals surface area contributed by atoms with Gasteiger partial charge in [0.1, 0.15) is 0 Å². The Bertz CT molecular complexity index is 337. The molecule has 0 bridgehead atoms. The van der Waals surface area contributed by atoms with Gasteiger partial charge in [0.25, 0.3) is 0 Å². The van der Waals surface area contributed by atoms with E-state index < -0.39 is 0 Å². The second kappa shape index (κ2) is 4.63. The van der Waals surface area contributed by atoms with Crippen molar-refractivity contribution >= 4 is 39.4 Å². The predicted octanol–water partition coefficient (Wildman–Crippen LogP) is 3.19. The first-order valence-corrected chi connectivity index (χ1v) is 4.95. The summed E-state index contributed by atoms with van der Waals surface area (Å²) in [5.41, 5.74) is 1.87. The first-order chi connectivity index (χ1) is 6.20. The normalized spacial score (nSPS) is 10.8. The average Bonchev–Trinajstić information content (AvgIpc) is 2.14. The third kappa shape index (κ3) is 2.23. The Morgan fingerprint density at radius 2 is 2.23 bits per heavy atom. The lowest BCUT2D eigenvalue weighted by Crippen LogP contribution is -1.95. The summed E-state index contributed by atoms with van der Waals surface area (Å²) in [7, 11) is 3.57. The molecular formula is C9H10BrClN2. The van der Waals surface area contributed by atoms with Crippen LogP contribution in [0.2, 0.25) is 5.02 Å². The standard InChI is InChI=1S/C9H10BrClN2/c1-12-5-6-8(13-2)4-3-7(10)9(6)11/h3-5,13H,1-2H3/b12-5+. The zero-order valence-electron chi connectivity index (χ0n) is 7.44. The molecular weight excluding hydrogens is 251 g/mol. The van der Waals surface area contributed by atoms with Gasteiger partial charge in [0.05, 0.1) is 5.02 Å². The number of anilines is 1. The number of aliphatic imine (C=N–C) groups is 1. The molecule has 0 heterocycles. The Morgan fingerprint density at radius 3 is 2.77 bits per heavy atom. The highest BCUT2D eigenvalue weighted by Gasteiger charge is 2.06. The Balaban J connectivity index is 3.32. The van der Waals surface area contributed by atoms with Gasteiger partial charge >= 0.3 is 0 Å². The highest BCUT2D eigenvalue weighted by molar-refractivity contribution is 9.10. The van der Waals surface area contributed by atoms with E-state index in [0.29, 0.717) is 5.02 Å². The smallest absolute Gasteiger partial charge is 0.0656 e.